The van der Waals surface area contributed by atoms with Gasteiger partial charge < -0.3 is 20.7 Å². The van der Waals surface area contributed by atoms with Crippen LogP contribution in [-0.4, -0.2) is 101 Å². The molecular weight excluding hydrogens is 805 g/mol. The Morgan fingerprint density at radius 3 is 2.56 bits per heavy atom. The Bertz CT molecular complexity index is 2190. The summed E-state index contributed by atoms with van der Waals surface area (Å²) in [5.41, 5.74) is 5.69. The van der Waals surface area contributed by atoms with Gasteiger partial charge in [0.05, 0.1) is 24.0 Å². The number of piperidine rings is 2. The molecule has 2 aromatic carbocycles. The fourth-order valence-corrected chi connectivity index (χ4v) is 7.53. The minimum Gasteiger partial charge on any atom is -0.374 e. The summed E-state index contributed by atoms with van der Waals surface area (Å²) in [6.45, 7) is 9.54. The monoisotopic (exact) mass is 855 g/mol. The molecule has 6 N–H and O–H groups in total. The Labute approximate surface area is 358 Å². The predicted molar refractivity (Wildman–Crippen MR) is 234 cm³/mol. The van der Waals surface area contributed by atoms with Crippen LogP contribution < -0.4 is 31.4 Å². The topological polar surface area (TPSA) is 185 Å². The van der Waals surface area contributed by atoms with E-state index in [0.717, 1.165) is 32.2 Å². The summed E-state index contributed by atoms with van der Waals surface area (Å²) in [6.07, 6.45) is 11.5. The van der Waals surface area contributed by atoms with E-state index in [-0.39, 0.29) is 53.3 Å². The lowest BCUT2D eigenvalue weighted by molar-refractivity contribution is -0.133. The van der Waals surface area contributed by atoms with Crippen LogP contribution in [0.25, 0.3) is 5.57 Å². The van der Waals surface area contributed by atoms with Crippen molar-refractivity contribution in [3.63, 3.8) is 0 Å². The van der Waals surface area contributed by atoms with Gasteiger partial charge in [0.15, 0.2) is 11.6 Å². The molecule has 322 valence electrons. The van der Waals surface area contributed by atoms with Gasteiger partial charge in [0, 0.05) is 79.2 Å². The van der Waals surface area contributed by atoms with E-state index < -0.39 is 23.5 Å². The molecule has 3 aromatic rings. The molecule has 2 saturated heterocycles. The Hall–Kier alpha value is -5.98. The van der Waals surface area contributed by atoms with Gasteiger partial charge in [-0.25, -0.2) is 23.1 Å². The molecule has 0 aliphatic carbocycles. The summed E-state index contributed by atoms with van der Waals surface area (Å²) < 4.78 is 35.3. The molecule has 6 rings (SSSR count). The molecule has 3 amide bonds. The maximum absolute atomic E-state index is 15.4. The Morgan fingerprint density at radius 2 is 1.82 bits per heavy atom. The van der Waals surface area contributed by atoms with E-state index in [0.29, 0.717) is 66.5 Å². The number of halogens is 2. The highest BCUT2D eigenvalue weighted by Crippen LogP contribution is 2.32. The molecule has 61 heavy (non-hydrogen) atoms. The van der Waals surface area contributed by atoms with Gasteiger partial charge in [-0.1, -0.05) is 25.6 Å². The Kier molecular flexibility index (Phi) is 15.7. The Balaban J connectivity index is 0.885. The van der Waals surface area contributed by atoms with Crippen LogP contribution in [0.15, 0.2) is 83.9 Å². The number of hydrazone groups is 1. The molecule has 18 heteroatoms. The van der Waals surface area contributed by atoms with Crippen molar-refractivity contribution in [2.45, 2.75) is 57.4 Å². The number of anilines is 3. The zero-order valence-electron chi connectivity index (χ0n) is 34.2. The van der Waals surface area contributed by atoms with Crippen molar-refractivity contribution >= 4 is 64.7 Å². The lowest BCUT2D eigenvalue weighted by atomic mass is 9.89. The van der Waals surface area contributed by atoms with Gasteiger partial charge in [0.2, 0.25) is 23.7 Å². The lowest BCUT2D eigenvalue weighted by Crippen LogP contribution is -2.47. The number of carbonyl (C=O) groups excluding carboxylic acids is 4. The third-order valence-electron chi connectivity index (χ3n) is 10.6. The molecule has 1 atom stereocenters. The number of ketones is 1. The number of likely N-dealkylation sites (tertiary alicyclic amines) is 1. The molecule has 0 saturated carbocycles. The average molecular weight is 856 g/mol. The molecule has 3 aliphatic heterocycles. The van der Waals surface area contributed by atoms with E-state index in [1.165, 1.54) is 30.5 Å². The van der Waals surface area contributed by atoms with Crippen molar-refractivity contribution in [2.75, 3.05) is 61.7 Å². The highest BCUT2D eigenvalue weighted by Gasteiger charge is 2.28. The van der Waals surface area contributed by atoms with Gasteiger partial charge >= 0.3 is 0 Å². The predicted octanol–water partition coefficient (Wildman–Crippen LogP) is 5.38. The number of rotatable bonds is 18. The van der Waals surface area contributed by atoms with Gasteiger partial charge in [0.1, 0.15) is 11.9 Å². The van der Waals surface area contributed by atoms with Gasteiger partial charge in [0.25, 0.3) is 0 Å². The number of Topliss-reactive ketones (excluding diaryl/α,β-unsaturated/α-hetero) is 1. The molecule has 1 aromatic heterocycles. The fourth-order valence-electron chi connectivity index (χ4n) is 6.98. The van der Waals surface area contributed by atoms with Crippen LogP contribution in [0.1, 0.15) is 72.9 Å². The smallest absolute Gasteiger partial charge is 0.249 e. The molecule has 3 aliphatic rings. The van der Waals surface area contributed by atoms with E-state index in [4.69, 9.17) is 0 Å². The molecule has 0 radical (unpaired) electrons. The number of amides is 3. The van der Waals surface area contributed by atoms with E-state index in [1.807, 2.05) is 18.3 Å². The summed E-state index contributed by atoms with van der Waals surface area (Å²) in [5.74, 6) is -1.84. The number of nitrogens with one attached hydrogen (secondary N) is 6. The summed E-state index contributed by atoms with van der Waals surface area (Å²) >= 11 is 1.23. The van der Waals surface area contributed by atoms with E-state index in [2.05, 4.69) is 58.0 Å². The summed E-state index contributed by atoms with van der Waals surface area (Å²) in [5, 5.41) is 15.7. The van der Waals surface area contributed by atoms with E-state index in [9.17, 15) is 19.2 Å². The normalized spacial score (nSPS) is 19.6. The minimum absolute atomic E-state index is 0.0343. The van der Waals surface area contributed by atoms with Crippen molar-refractivity contribution in [2.24, 2.45) is 5.10 Å². The second kappa shape index (κ2) is 21.5. The molecular formula is C43H51F2N11O4S. The maximum atomic E-state index is 15.4. The lowest BCUT2D eigenvalue weighted by Gasteiger charge is -2.32. The zero-order chi connectivity index (χ0) is 43.3. The van der Waals surface area contributed by atoms with Gasteiger partial charge in [-0.05, 0) is 99.6 Å². The molecule has 15 nitrogen and oxygen atoms in total. The van der Waals surface area contributed by atoms with Crippen molar-refractivity contribution in [3.8, 4) is 0 Å². The zero-order valence-corrected chi connectivity index (χ0v) is 35.0. The molecule has 0 spiro atoms. The first-order valence-electron chi connectivity index (χ1n) is 20.3. The maximum Gasteiger partial charge on any atom is 0.249 e. The highest BCUT2D eigenvalue weighted by molar-refractivity contribution is 7.98. The van der Waals surface area contributed by atoms with Gasteiger partial charge in [-0.15, -0.1) is 0 Å². The third kappa shape index (κ3) is 12.3. The number of hydrogen-bond donors (Lipinski definition) is 6. The Morgan fingerprint density at radius 1 is 1.05 bits per heavy atom. The van der Waals surface area contributed by atoms with Crippen LogP contribution in [-0.2, 0) is 14.4 Å². The first kappa shape index (κ1) is 44.6. The van der Waals surface area contributed by atoms with Crippen LogP contribution in [0.2, 0.25) is 0 Å². The largest absolute Gasteiger partial charge is 0.374 e. The van der Waals surface area contributed by atoms with Crippen molar-refractivity contribution in [1.82, 2.24) is 35.2 Å². The van der Waals surface area contributed by atoms with Crippen molar-refractivity contribution in [3.05, 3.63) is 107 Å². The summed E-state index contributed by atoms with van der Waals surface area (Å²) in [4.78, 5) is 60.6. The number of allylic oxidation sites excluding steroid dienone is 4. The van der Waals surface area contributed by atoms with Crippen LogP contribution in [0.5, 0.6) is 0 Å². The number of nitrogens with zero attached hydrogens (tertiary/aromatic N) is 5. The quantitative estimate of drug-likeness (QED) is 0.0415. The number of imide groups is 1. The van der Waals surface area contributed by atoms with E-state index >= 15 is 8.78 Å². The number of benzene rings is 2. The van der Waals surface area contributed by atoms with Gasteiger partial charge in [-0.3, -0.25) is 34.8 Å². The van der Waals surface area contributed by atoms with Crippen LogP contribution >= 0.6 is 12.1 Å². The second-order valence-corrected chi connectivity index (χ2v) is 15.9. The van der Waals surface area contributed by atoms with Gasteiger partial charge in [-0.2, -0.15) is 5.10 Å². The third-order valence-corrected chi connectivity index (χ3v) is 11.5. The first-order valence-corrected chi connectivity index (χ1v) is 21.1. The standard InChI is InChI=1S/C43H51F2N11O4S/c1-4-55(3)61-54-36-9-7-8-33(40(36)45)41(59)34-25-51-50-24-29(20-27(34)2)30-22-48-43(49-23-30)47-17-6-5-16-46-39(58)26-56-18-14-28(15-19-56)32-11-10-31(21-35(32)44)52-37-12-13-38(57)53-42(37)60/h7-11,20-25,28,37,51-52,54H,2,4-6,12-19,26H2,1,3H3,(H,46,58)(H,47,48,49)(H,53,57,60)/b29-20+,34-25+,50-24-. The van der Waals surface area contributed by atoms with Crippen molar-refractivity contribution < 1.29 is 28.0 Å². The van der Waals surface area contributed by atoms with Crippen molar-refractivity contribution in [1.29, 1.82) is 0 Å². The average Bonchev–Trinajstić information content (AvgIpc) is 3.24. The number of aromatic nitrogens is 2. The molecule has 1 unspecified atom stereocenters. The summed E-state index contributed by atoms with van der Waals surface area (Å²) in [7, 11) is 1.87. The molecule has 0 bridgehead atoms. The number of unbranched alkanes of at least 4 members (excludes halogenated alkanes) is 1. The first-order chi connectivity index (χ1) is 29.5. The van der Waals surface area contributed by atoms with Crippen LogP contribution in [0.4, 0.5) is 26.1 Å². The van der Waals surface area contributed by atoms with Crippen LogP contribution in [0.3, 0.4) is 0 Å². The fraction of sp³-hybridized carbons (Fsp3) is 0.372. The van der Waals surface area contributed by atoms with E-state index in [1.54, 1.807) is 48.9 Å². The number of hydrogen-bond acceptors (Lipinski definition) is 14. The minimum atomic E-state index is -0.664. The second-order valence-electron chi connectivity index (χ2n) is 14.9. The highest BCUT2D eigenvalue weighted by atomic mass is 32.2. The summed E-state index contributed by atoms with van der Waals surface area (Å²) in [6, 6.07) is 8.97. The number of carbonyl (C=O) groups is 4. The molecule has 4 heterocycles. The SMILES string of the molecule is C=C1/C=C(c2cnc(NCCCCNC(=O)CN3CCC(c4ccc(NC5CCC(=O)NC5=O)cc4F)CC3)nc2)\C=N/N/C=C\1C(=O)c1cccc(NSN(C)CC)c1F. The molecule has 2 fully saturated rings. The van der Waals surface area contributed by atoms with Crippen LogP contribution in [0, 0.1) is 11.6 Å².